The summed E-state index contributed by atoms with van der Waals surface area (Å²) in [5.41, 5.74) is 0. The molecule has 0 amide bonds. The maximum Gasteiger partial charge on any atom is 0.373 e. The van der Waals surface area contributed by atoms with Crippen LogP contribution < -0.4 is 4.74 Å². The van der Waals surface area contributed by atoms with Gasteiger partial charge in [-0.15, -0.1) is 0 Å². The summed E-state index contributed by atoms with van der Waals surface area (Å²) < 4.78 is 5.12. The fourth-order valence-electron chi connectivity index (χ4n) is 1.02. The maximum absolute atomic E-state index is 11.0. The number of benzene rings is 1. The minimum Gasteiger partial charge on any atom is -0.492 e. The monoisotopic (exact) mass is 219 g/mol. The highest BCUT2D eigenvalue weighted by Crippen LogP contribution is 2.10. The van der Waals surface area contributed by atoms with E-state index in [1.807, 2.05) is 0 Å². The van der Waals surface area contributed by atoms with Gasteiger partial charge in [0.15, 0.2) is 5.92 Å². The molecule has 0 spiro atoms. The number of aliphatic carboxylic acids is 1. The van der Waals surface area contributed by atoms with Crippen molar-refractivity contribution in [1.29, 1.82) is 5.26 Å². The van der Waals surface area contributed by atoms with Crippen molar-refractivity contribution in [3.05, 3.63) is 30.3 Å². The molecule has 0 heterocycles. The molecule has 5 heteroatoms. The SMILES string of the molecule is N#CC(COc1ccccc1)C(=O)C(=O)O. The Hall–Kier alpha value is -2.35. The summed E-state index contributed by atoms with van der Waals surface area (Å²) in [6.45, 7) is -0.258. The Labute approximate surface area is 91.9 Å². The van der Waals surface area contributed by atoms with E-state index in [2.05, 4.69) is 0 Å². The average molecular weight is 219 g/mol. The fraction of sp³-hybridized carbons (Fsp3) is 0.182. The van der Waals surface area contributed by atoms with Crippen LogP contribution >= 0.6 is 0 Å². The maximum atomic E-state index is 11.0. The van der Waals surface area contributed by atoms with E-state index in [1.165, 1.54) is 0 Å². The highest BCUT2D eigenvalue weighted by molar-refractivity contribution is 6.34. The van der Waals surface area contributed by atoms with Crippen LogP contribution in [0, 0.1) is 17.2 Å². The van der Waals surface area contributed by atoms with Crippen LogP contribution in [0.15, 0.2) is 30.3 Å². The van der Waals surface area contributed by atoms with E-state index in [0.717, 1.165) is 0 Å². The van der Waals surface area contributed by atoms with Gasteiger partial charge in [-0.25, -0.2) is 4.79 Å². The molecular weight excluding hydrogens is 210 g/mol. The molecule has 0 radical (unpaired) electrons. The first-order chi connectivity index (χ1) is 7.65. The molecule has 0 saturated carbocycles. The molecule has 1 aromatic rings. The lowest BCUT2D eigenvalue weighted by atomic mass is 10.1. The second kappa shape index (κ2) is 5.51. The zero-order chi connectivity index (χ0) is 12.0. The number of carbonyl (C=O) groups excluding carboxylic acids is 1. The zero-order valence-corrected chi connectivity index (χ0v) is 8.29. The first kappa shape index (κ1) is 11.7. The molecule has 82 valence electrons. The zero-order valence-electron chi connectivity index (χ0n) is 8.29. The lowest BCUT2D eigenvalue weighted by Crippen LogP contribution is -2.27. The van der Waals surface area contributed by atoms with E-state index in [0.29, 0.717) is 5.75 Å². The first-order valence-electron chi connectivity index (χ1n) is 4.49. The van der Waals surface area contributed by atoms with E-state index in [9.17, 15) is 9.59 Å². The number of ether oxygens (including phenoxy) is 1. The standard InChI is InChI=1S/C11H9NO4/c12-6-8(10(13)11(14)15)7-16-9-4-2-1-3-5-9/h1-5,8H,7H2,(H,14,15). The molecule has 1 N–H and O–H groups in total. The van der Waals surface area contributed by atoms with Crippen molar-refractivity contribution in [3.63, 3.8) is 0 Å². The lowest BCUT2D eigenvalue weighted by Gasteiger charge is -2.07. The molecule has 1 unspecified atom stereocenters. The van der Waals surface area contributed by atoms with Crippen LogP contribution in [-0.4, -0.2) is 23.5 Å². The molecule has 1 aromatic carbocycles. The normalized spacial score (nSPS) is 11.2. The van der Waals surface area contributed by atoms with E-state index in [1.54, 1.807) is 36.4 Å². The van der Waals surface area contributed by atoms with Crippen molar-refractivity contribution in [2.24, 2.45) is 5.92 Å². The summed E-state index contributed by atoms with van der Waals surface area (Å²) in [5.74, 6) is -3.57. The predicted octanol–water partition coefficient (Wildman–Crippen LogP) is 0.859. The second-order valence-electron chi connectivity index (χ2n) is 2.98. The first-order valence-corrected chi connectivity index (χ1v) is 4.49. The highest BCUT2D eigenvalue weighted by atomic mass is 16.5. The number of Topliss-reactive ketones (excluding diaryl/α,β-unsaturated/α-hetero) is 1. The Morgan fingerprint density at radius 3 is 2.50 bits per heavy atom. The molecule has 1 rings (SSSR count). The number of rotatable bonds is 5. The van der Waals surface area contributed by atoms with Gasteiger partial charge in [0, 0.05) is 0 Å². The van der Waals surface area contributed by atoms with Crippen LogP contribution in [0.5, 0.6) is 5.75 Å². The van der Waals surface area contributed by atoms with E-state index < -0.39 is 17.7 Å². The van der Waals surface area contributed by atoms with E-state index in [-0.39, 0.29) is 6.61 Å². The van der Waals surface area contributed by atoms with Gasteiger partial charge in [0.1, 0.15) is 12.4 Å². The van der Waals surface area contributed by atoms with Crippen LogP contribution in [-0.2, 0) is 9.59 Å². The van der Waals surface area contributed by atoms with Gasteiger partial charge in [0.25, 0.3) is 5.78 Å². The minimum absolute atomic E-state index is 0.258. The molecule has 0 fully saturated rings. The Kier molecular flexibility index (Phi) is 4.04. The van der Waals surface area contributed by atoms with Crippen LogP contribution in [0.2, 0.25) is 0 Å². The number of nitriles is 1. The lowest BCUT2D eigenvalue weighted by molar-refractivity contribution is -0.150. The summed E-state index contributed by atoms with van der Waals surface area (Å²) in [6.07, 6.45) is 0. The highest BCUT2D eigenvalue weighted by Gasteiger charge is 2.25. The number of ketones is 1. The Morgan fingerprint density at radius 2 is 2.00 bits per heavy atom. The van der Waals surface area contributed by atoms with Crippen LogP contribution in [0.3, 0.4) is 0 Å². The number of carboxylic acid groups (broad SMARTS) is 1. The van der Waals surface area contributed by atoms with E-state index in [4.69, 9.17) is 15.1 Å². The molecule has 5 nitrogen and oxygen atoms in total. The topological polar surface area (TPSA) is 87.4 Å². The summed E-state index contributed by atoms with van der Waals surface area (Å²) >= 11 is 0. The van der Waals surface area contributed by atoms with Gasteiger partial charge >= 0.3 is 5.97 Å². The number of para-hydroxylation sites is 1. The summed E-state index contributed by atoms with van der Waals surface area (Å²) in [5, 5.41) is 17.0. The Balaban J connectivity index is 2.57. The number of carboxylic acids is 1. The fourth-order valence-corrected chi connectivity index (χ4v) is 1.02. The summed E-state index contributed by atoms with van der Waals surface area (Å²) in [7, 11) is 0. The number of hydrogen-bond donors (Lipinski definition) is 1. The molecule has 0 aliphatic carbocycles. The van der Waals surface area contributed by atoms with Gasteiger partial charge in [0.05, 0.1) is 6.07 Å². The number of hydrogen-bond acceptors (Lipinski definition) is 4. The van der Waals surface area contributed by atoms with Crippen molar-refractivity contribution >= 4 is 11.8 Å². The van der Waals surface area contributed by atoms with Crippen LogP contribution in [0.25, 0.3) is 0 Å². The van der Waals surface area contributed by atoms with Gasteiger partial charge in [0.2, 0.25) is 0 Å². The van der Waals surface area contributed by atoms with Gasteiger partial charge < -0.3 is 9.84 Å². The van der Waals surface area contributed by atoms with Gasteiger partial charge in [-0.2, -0.15) is 5.26 Å². The smallest absolute Gasteiger partial charge is 0.373 e. The third-order valence-electron chi connectivity index (χ3n) is 1.84. The van der Waals surface area contributed by atoms with Crippen LogP contribution in [0.1, 0.15) is 0 Å². The third kappa shape index (κ3) is 3.10. The molecule has 0 bridgehead atoms. The molecule has 0 aliphatic heterocycles. The Bertz CT molecular complexity index is 421. The van der Waals surface area contributed by atoms with Crippen molar-refractivity contribution in [3.8, 4) is 11.8 Å². The van der Waals surface area contributed by atoms with E-state index >= 15 is 0 Å². The molecule has 1 atom stereocenters. The quantitative estimate of drug-likeness (QED) is 0.742. The van der Waals surface area contributed by atoms with Crippen molar-refractivity contribution in [1.82, 2.24) is 0 Å². The molecular formula is C11H9NO4. The second-order valence-corrected chi connectivity index (χ2v) is 2.98. The van der Waals surface area contributed by atoms with Gasteiger partial charge in [-0.1, -0.05) is 18.2 Å². The predicted molar refractivity (Wildman–Crippen MR) is 53.7 cm³/mol. The minimum atomic E-state index is -1.62. The molecule has 0 saturated heterocycles. The van der Waals surface area contributed by atoms with Crippen LogP contribution in [0.4, 0.5) is 0 Å². The summed E-state index contributed by atoms with van der Waals surface area (Å²) in [4.78, 5) is 21.3. The number of carbonyl (C=O) groups is 2. The molecule has 0 aliphatic rings. The van der Waals surface area contributed by atoms with Crippen molar-refractivity contribution in [2.45, 2.75) is 0 Å². The van der Waals surface area contributed by atoms with Crippen molar-refractivity contribution < 1.29 is 19.4 Å². The summed E-state index contributed by atoms with van der Waals surface area (Å²) in [6, 6.07) is 10.2. The van der Waals surface area contributed by atoms with Gasteiger partial charge in [-0.05, 0) is 12.1 Å². The molecule has 16 heavy (non-hydrogen) atoms. The molecule has 0 aromatic heterocycles. The average Bonchev–Trinajstić information content (AvgIpc) is 2.30. The van der Waals surface area contributed by atoms with Crippen molar-refractivity contribution in [2.75, 3.05) is 6.61 Å². The number of nitrogens with zero attached hydrogens (tertiary/aromatic N) is 1. The Morgan fingerprint density at radius 1 is 1.38 bits per heavy atom. The van der Waals surface area contributed by atoms with Gasteiger partial charge in [-0.3, -0.25) is 4.79 Å². The third-order valence-corrected chi connectivity index (χ3v) is 1.84. The largest absolute Gasteiger partial charge is 0.492 e.